The van der Waals surface area contributed by atoms with Gasteiger partial charge in [0.15, 0.2) is 9.84 Å². The van der Waals surface area contributed by atoms with Gasteiger partial charge in [-0.3, -0.25) is 4.79 Å². The third-order valence-electron chi connectivity index (χ3n) is 2.74. The summed E-state index contributed by atoms with van der Waals surface area (Å²) in [4.78, 5) is 13.0. The molecule has 1 rings (SSSR count). The molecule has 7 heteroatoms. The van der Waals surface area contributed by atoms with Crippen LogP contribution in [-0.4, -0.2) is 52.2 Å². The highest BCUT2D eigenvalue weighted by molar-refractivity contribution is 7.90. The Morgan fingerprint density at radius 3 is 2.70 bits per heavy atom. The lowest BCUT2D eigenvalue weighted by atomic mass is 10.3. The molecule has 20 heavy (non-hydrogen) atoms. The normalized spacial score (nSPS) is 11.2. The van der Waals surface area contributed by atoms with Crippen molar-refractivity contribution < 1.29 is 17.9 Å². The van der Waals surface area contributed by atoms with Crippen molar-refractivity contribution >= 4 is 15.7 Å². The lowest BCUT2D eigenvalue weighted by Crippen LogP contribution is -2.33. The fourth-order valence-corrected chi connectivity index (χ4v) is 2.22. The van der Waals surface area contributed by atoms with Gasteiger partial charge in [0.1, 0.15) is 5.75 Å². The van der Waals surface area contributed by atoms with Gasteiger partial charge < -0.3 is 15.4 Å². The number of ether oxygens (including phenoxy) is 1. The molecule has 6 nitrogen and oxygen atoms in total. The van der Waals surface area contributed by atoms with E-state index in [1.165, 1.54) is 17.0 Å². The predicted octanol–water partition coefficient (Wildman–Crippen LogP) is 0.276. The zero-order valence-corrected chi connectivity index (χ0v) is 12.5. The Labute approximate surface area is 119 Å². The minimum atomic E-state index is -3.23. The third-order valence-corrected chi connectivity index (χ3v) is 3.85. The first kappa shape index (κ1) is 16.5. The number of amides is 1. The Kier molecular flexibility index (Phi) is 5.97. The number of carbonyl (C=O) groups excluding carboxylic acids is 1. The van der Waals surface area contributed by atoms with Crippen LogP contribution in [0, 0.1) is 0 Å². The van der Waals surface area contributed by atoms with E-state index < -0.39 is 9.84 Å². The van der Waals surface area contributed by atoms with E-state index in [2.05, 4.69) is 0 Å². The molecule has 0 aliphatic carbocycles. The van der Waals surface area contributed by atoms with E-state index in [9.17, 15) is 13.2 Å². The predicted molar refractivity (Wildman–Crippen MR) is 76.4 cm³/mol. The van der Waals surface area contributed by atoms with Gasteiger partial charge in [-0.1, -0.05) is 6.07 Å². The molecule has 0 saturated heterocycles. The summed E-state index contributed by atoms with van der Waals surface area (Å²) in [6.07, 6.45) is 1.80. The highest BCUT2D eigenvalue weighted by atomic mass is 32.2. The van der Waals surface area contributed by atoms with Gasteiger partial charge >= 0.3 is 0 Å². The molecule has 0 aromatic heterocycles. The molecule has 1 aromatic rings. The summed E-state index contributed by atoms with van der Waals surface area (Å²) in [6.45, 7) is 0.935. The largest absolute Gasteiger partial charge is 0.493 e. The van der Waals surface area contributed by atoms with Crippen LogP contribution < -0.4 is 10.5 Å². The van der Waals surface area contributed by atoms with Crippen molar-refractivity contribution in [3.63, 3.8) is 0 Å². The molecule has 0 spiro atoms. The molecule has 112 valence electrons. The summed E-state index contributed by atoms with van der Waals surface area (Å²) in [5.74, 6) is 0.379. The monoisotopic (exact) mass is 300 g/mol. The molecule has 0 atom stereocenters. The number of nitrogens with zero attached hydrogens (tertiary/aromatic N) is 1. The van der Waals surface area contributed by atoms with Gasteiger partial charge in [0.25, 0.3) is 0 Å². The van der Waals surface area contributed by atoms with Crippen LogP contribution >= 0.6 is 0 Å². The van der Waals surface area contributed by atoms with E-state index in [0.29, 0.717) is 25.3 Å². The van der Waals surface area contributed by atoms with Crippen LogP contribution in [0.15, 0.2) is 29.2 Å². The minimum Gasteiger partial charge on any atom is -0.493 e. The summed E-state index contributed by atoms with van der Waals surface area (Å²) >= 11 is 0. The van der Waals surface area contributed by atoms with Crippen molar-refractivity contribution in [1.82, 2.24) is 4.90 Å². The number of rotatable bonds is 7. The summed E-state index contributed by atoms with van der Waals surface area (Å²) in [6, 6.07) is 6.35. The summed E-state index contributed by atoms with van der Waals surface area (Å²) < 4.78 is 28.3. The fraction of sp³-hybridized carbons (Fsp3) is 0.462. The molecule has 0 saturated carbocycles. The van der Waals surface area contributed by atoms with E-state index in [-0.39, 0.29) is 17.3 Å². The third kappa shape index (κ3) is 5.18. The van der Waals surface area contributed by atoms with Crippen LogP contribution in [0.4, 0.5) is 0 Å². The van der Waals surface area contributed by atoms with E-state index in [1.807, 2.05) is 0 Å². The fourth-order valence-electron chi connectivity index (χ4n) is 1.57. The van der Waals surface area contributed by atoms with Crippen LogP contribution in [-0.2, 0) is 14.6 Å². The Morgan fingerprint density at radius 2 is 2.10 bits per heavy atom. The maximum atomic E-state index is 11.4. The Hall–Kier alpha value is -1.60. The van der Waals surface area contributed by atoms with Gasteiger partial charge in [0.05, 0.1) is 18.0 Å². The molecule has 0 heterocycles. The zero-order valence-electron chi connectivity index (χ0n) is 11.7. The summed E-state index contributed by atoms with van der Waals surface area (Å²) in [5.41, 5.74) is 5.25. The van der Waals surface area contributed by atoms with Crippen molar-refractivity contribution in [1.29, 1.82) is 0 Å². The van der Waals surface area contributed by atoms with E-state index in [0.717, 1.165) is 6.26 Å². The molecule has 0 aliphatic heterocycles. The van der Waals surface area contributed by atoms with Crippen LogP contribution in [0.25, 0.3) is 0 Å². The highest BCUT2D eigenvalue weighted by Crippen LogP contribution is 2.17. The SMILES string of the molecule is CN(CCCOc1cccc(S(C)(=O)=O)c1)C(=O)CN. The van der Waals surface area contributed by atoms with Gasteiger partial charge in [-0.15, -0.1) is 0 Å². The second-order valence-electron chi connectivity index (χ2n) is 4.47. The van der Waals surface area contributed by atoms with Gasteiger partial charge in [-0.05, 0) is 24.6 Å². The number of hydrogen-bond donors (Lipinski definition) is 1. The Bertz CT molecular complexity index is 557. The number of hydrogen-bond acceptors (Lipinski definition) is 5. The van der Waals surface area contributed by atoms with E-state index in [1.54, 1.807) is 19.2 Å². The van der Waals surface area contributed by atoms with Crippen LogP contribution in [0.3, 0.4) is 0 Å². The number of likely N-dealkylation sites (N-methyl/N-ethyl adjacent to an activating group) is 1. The van der Waals surface area contributed by atoms with Gasteiger partial charge in [-0.25, -0.2) is 8.42 Å². The van der Waals surface area contributed by atoms with Crippen molar-refractivity contribution in [3.05, 3.63) is 24.3 Å². The van der Waals surface area contributed by atoms with Crippen LogP contribution in [0.5, 0.6) is 5.75 Å². The minimum absolute atomic E-state index is 0.00619. The summed E-state index contributed by atoms with van der Waals surface area (Å²) in [7, 11) is -1.55. The quantitative estimate of drug-likeness (QED) is 0.730. The second kappa shape index (κ2) is 7.25. The molecule has 0 radical (unpaired) electrons. The van der Waals surface area contributed by atoms with E-state index in [4.69, 9.17) is 10.5 Å². The standard InChI is InChI=1S/C13H20N2O4S/c1-15(13(16)10-14)7-4-8-19-11-5-3-6-12(9-11)20(2,17)18/h3,5-6,9H,4,7-8,10,14H2,1-2H3. The first-order valence-corrected chi connectivity index (χ1v) is 8.10. The van der Waals surface area contributed by atoms with Crippen molar-refractivity contribution in [2.24, 2.45) is 5.73 Å². The number of carbonyl (C=O) groups is 1. The van der Waals surface area contributed by atoms with Gasteiger partial charge in [-0.2, -0.15) is 0 Å². The van der Waals surface area contributed by atoms with E-state index >= 15 is 0 Å². The smallest absolute Gasteiger partial charge is 0.236 e. The van der Waals surface area contributed by atoms with Crippen molar-refractivity contribution in [2.45, 2.75) is 11.3 Å². The first-order valence-electron chi connectivity index (χ1n) is 6.21. The molecule has 1 aromatic carbocycles. The van der Waals surface area contributed by atoms with Gasteiger partial charge in [0.2, 0.25) is 5.91 Å². The second-order valence-corrected chi connectivity index (χ2v) is 6.48. The average molecular weight is 300 g/mol. The summed E-state index contributed by atoms with van der Waals surface area (Å²) in [5, 5.41) is 0. The Morgan fingerprint density at radius 1 is 1.40 bits per heavy atom. The molecule has 0 aliphatic rings. The van der Waals surface area contributed by atoms with Crippen molar-refractivity contribution in [2.75, 3.05) is 33.0 Å². The first-order chi connectivity index (χ1) is 9.34. The van der Waals surface area contributed by atoms with Crippen LogP contribution in [0.2, 0.25) is 0 Å². The molecule has 0 fully saturated rings. The highest BCUT2D eigenvalue weighted by Gasteiger charge is 2.08. The van der Waals surface area contributed by atoms with Gasteiger partial charge in [0, 0.05) is 19.8 Å². The molecule has 0 bridgehead atoms. The van der Waals surface area contributed by atoms with Crippen LogP contribution in [0.1, 0.15) is 6.42 Å². The average Bonchev–Trinajstić information content (AvgIpc) is 2.41. The molecular weight excluding hydrogens is 280 g/mol. The lowest BCUT2D eigenvalue weighted by molar-refractivity contribution is -0.128. The molecule has 0 unspecified atom stereocenters. The molecule has 1 amide bonds. The molecular formula is C13H20N2O4S. The Balaban J connectivity index is 2.45. The lowest BCUT2D eigenvalue weighted by Gasteiger charge is -2.16. The number of benzene rings is 1. The molecule has 2 N–H and O–H groups in total. The zero-order chi connectivity index (χ0) is 15.2. The maximum Gasteiger partial charge on any atom is 0.236 e. The van der Waals surface area contributed by atoms with Crippen molar-refractivity contribution in [3.8, 4) is 5.75 Å². The maximum absolute atomic E-state index is 11.4. The number of nitrogens with two attached hydrogens (primary N) is 1. The number of sulfone groups is 1. The topological polar surface area (TPSA) is 89.7 Å².